The van der Waals surface area contributed by atoms with Crippen LogP contribution in [0.4, 0.5) is 5.69 Å². The van der Waals surface area contributed by atoms with Gasteiger partial charge in [0.25, 0.3) is 15.9 Å². The maximum atomic E-state index is 13.3. The Morgan fingerprint density at radius 3 is 2.62 bits per heavy atom. The van der Waals surface area contributed by atoms with Crippen molar-refractivity contribution in [2.75, 3.05) is 18.0 Å². The Balaban J connectivity index is 1.65. The van der Waals surface area contributed by atoms with E-state index >= 15 is 0 Å². The molecule has 7 heteroatoms. The van der Waals surface area contributed by atoms with Gasteiger partial charge in [-0.1, -0.05) is 37.5 Å². The molecule has 2 aromatic carbocycles. The highest BCUT2D eigenvalue weighted by molar-refractivity contribution is 7.92. The number of nitrogens with one attached hydrogen (secondary N) is 1. The van der Waals surface area contributed by atoms with Crippen LogP contribution in [0.25, 0.3) is 0 Å². The summed E-state index contributed by atoms with van der Waals surface area (Å²) in [5.74, 6) is 0.0895. The number of hydrogen-bond donors (Lipinski definition) is 1. The molecular weight excluding hydrogens is 388 g/mol. The van der Waals surface area contributed by atoms with Gasteiger partial charge in [0.1, 0.15) is 5.75 Å². The Morgan fingerprint density at radius 2 is 1.86 bits per heavy atom. The van der Waals surface area contributed by atoms with Gasteiger partial charge in [0, 0.05) is 12.6 Å². The Bertz CT molecular complexity index is 1010. The number of sulfonamides is 1. The molecule has 0 unspecified atom stereocenters. The van der Waals surface area contributed by atoms with Crippen LogP contribution in [-0.2, 0) is 16.4 Å². The summed E-state index contributed by atoms with van der Waals surface area (Å²) >= 11 is 0. The number of fused-ring (bicyclic) bond motifs is 1. The molecule has 1 saturated carbocycles. The number of ether oxygens (including phenoxy) is 1. The van der Waals surface area contributed by atoms with E-state index in [2.05, 4.69) is 5.32 Å². The van der Waals surface area contributed by atoms with Crippen LogP contribution >= 0.6 is 0 Å². The van der Waals surface area contributed by atoms with Crippen molar-refractivity contribution in [3.05, 3.63) is 53.6 Å². The van der Waals surface area contributed by atoms with Gasteiger partial charge in [0.15, 0.2) is 0 Å². The van der Waals surface area contributed by atoms with E-state index in [1.807, 2.05) is 24.3 Å². The lowest BCUT2D eigenvalue weighted by Crippen LogP contribution is -2.36. The SMILES string of the molecule is COc1ccc(S(=O)(=O)N2CCc3ccccc32)cc1C(=O)NC1CCCCC1. The number of amides is 1. The second kappa shape index (κ2) is 8.06. The van der Waals surface area contributed by atoms with Gasteiger partial charge in [-0.2, -0.15) is 0 Å². The molecule has 29 heavy (non-hydrogen) atoms. The van der Waals surface area contributed by atoms with Crippen molar-refractivity contribution in [1.29, 1.82) is 0 Å². The first kappa shape index (κ1) is 19.8. The minimum Gasteiger partial charge on any atom is -0.496 e. The minimum absolute atomic E-state index is 0.101. The molecule has 154 valence electrons. The molecule has 2 aliphatic rings. The lowest BCUT2D eigenvalue weighted by molar-refractivity contribution is 0.0924. The molecule has 0 radical (unpaired) electrons. The molecule has 0 saturated heterocycles. The number of rotatable bonds is 5. The standard InChI is InChI=1S/C22H26N2O4S/c1-28-21-12-11-18(15-19(21)22(25)23-17-8-3-2-4-9-17)29(26,27)24-14-13-16-7-5-6-10-20(16)24/h5-7,10-12,15,17H,2-4,8-9,13-14H2,1H3,(H,23,25). The molecule has 4 rings (SSSR count). The summed E-state index contributed by atoms with van der Waals surface area (Å²) in [5, 5.41) is 3.05. The second-order valence-corrected chi connectivity index (χ2v) is 9.49. The van der Waals surface area contributed by atoms with Crippen LogP contribution in [0.3, 0.4) is 0 Å². The number of carbonyl (C=O) groups is 1. The Labute approximate surface area is 171 Å². The maximum Gasteiger partial charge on any atom is 0.264 e. The minimum atomic E-state index is -3.77. The summed E-state index contributed by atoms with van der Waals surface area (Å²) < 4.78 is 33.4. The van der Waals surface area contributed by atoms with Gasteiger partial charge in [0.05, 0.1) is 23.3 Å². The molecule has 2 aromatic rings. The van der Waals surface area contributed by atoms with Crippen molar-refractivity contribution in [1.82, 2.24) is 5.32 Å². The third-order valence-corrected chi connectivity index (χ3v) is 7.60. The lowest BCUT2D eigenvalue weighted by Gasteiger charge is -2.24. The molecule has 1 aliphatic carbocycles. The summed E-state index contributed by atoms with van der Waals surface area (Å²) in [6.07, 6.45) is 5.99. The number of anilines is 1. The Hall–Kier alpha value is -2.54. The van der Waals surface area contributed by atoms with Crippen molar-refractivity contribution in [2.24, 2.45) is 0 Å². The zero-order chi connectivity index (χ0) is 20.4. The predicted molar refractivity (Wildman–Crippen MR) is 112 cm³/mol. The van der Waals surface area contributed by atoms with Gasteiger partial charge in [-0.05, 0) is 49.1 Å². The highest BCUT2D eigenvalue weighted by atomic mass is 32.2. The third kappa shape index (κ3) is 3.83. The molecule has 1 aliphatic heterocycles. The zero-order valence-corrected chi connectivity index (χ0v) is 17.4. The largest absolute Gasteiger partial charge is 0.496 e. The number of carbonyl (C=O) groups excluding carboxylic acids is 1. The van der Waals surface area contributed by atoms with Gasteiger partial charge in [0.2, 0.25) is 0 Å². The molecule has 1 fully saturated rings. The monoisotopic (exact) mass is 414 g/mol. The summed E-state index contributed by atoms with van der Waals surface area (Å²) in [4.78, 5) is 13.0. The average molecular weight is 415 g/mol. The second-order valence-electron chi connectivity index (χ2n) is 7.63. The van der Waals surface area contributed by atoms with E-state index in [4.69, 9.17) is 4.74 Å². The van der Waals surface area contributed by atoms with Crippen LogP contribution in [0, 0.1) is 0 Å². The summed E-state index contributed by atoms with van der Waals surface area (Å²) in [6.45, 7) is 0.400. The first-order valence-electron chi connectivity index (χ1n) is 10.1. The van der Waals surface area contributed by atoms with Gasteiger partial charge >= 0.3 is 0 Å². The quantitative estimate of drug-likeness (QED) is 0.812. The highest BCUT2D eigenvalue weighted by Gasteiger charge is 2.31. The van der Waals surface area contributed by atoms with E-state index in [1.165, 1.54) is 30.0 Å². The van der Waals surface area contributed by atoms with Gasteiger partial charge < -0.3 is 10.1 Å². The number of nitrogens with zero attached hydrogens (tertiary/aromatic N) is 1. The topological polar surface area (TPSA) is 75.7 Å². The summed E-state index contributed by atoms with van der Waals surface area (Å²) in [6, 6.07) is 12.2. The molecule has 0 spiro atoms. The van der Waals surface area contributed by atoms with Crippen molar-refractivity contribution in [2.45, 2.75) is 49.5 Å². The number of para-hydroxylation sites is 1. The van der Waals surface area contributed by atoms with E-state index in [0.29, 0.717) is 24.4 Å². The fourth-order valence-electron chi connectivity index (χ4n) is 4.22. The van der Waals surface area contributed by atoms with E-state index in [-0.39, 0.29) is 22.4 Å². The number of methoxy groups -OCH3 is 1. The maximum absolute atomic E-state index is 13.3. The van der Waals surface area contributed by atoms with Crippen LogP contribution < -0.4 is 14.4 Å². The van der Waals surface area contributed by atoms with Crippen molar-refractivity contribution in [3.63, 3.8) is 0 Å². The Morgan fingerprint density at radius 1 is 1.10 bits per heavy atom. The van der Waals surface area contributed by atoms with Crippen LogP contribution in [0.2, 0.25) is 0 Å². The molecule has 0 aromatic heterocycles. The predicted octanol–water partition coefficient (Wildman–Crippen LogP) is 3.51. The van der Waals surface area contributed by atoms with Crippen LogP contribution in [-0.4, -0.2) is 34.0 Å². The van der Waals surface area contributed by atoms with Crippen molar-refractivity contribution in [3.8, 4) is 5.75 Å². The van der Waals surface area contributed by atoms with E-state index in [9.17, 15) is 13.2 Å². The molecular formula is C22H26N2O4S. The Kier molecular flexibility index (Phi) is 5.50. The van der Waals surface area contributed by atoms with Gasteiger partial charge in [-0.3, -0.25) is 9.10 Å². The molecule has 1 heterocycles. The molecule has 6 nitrogen and oxygen atoms in total. The van der Waals surface area contributed by atoms with E-state index in [0.717, 1.165) is 31.2 Å². The lowest BCUT2D eigenvalue weighted by atomic mass is 9.95. The fourth-order valence-corrected chi connectivity index (χ4v) is 5.75. The van der Waals surface area contributed by atoms with E-state index < -0.39 is 10.0 Å². The van der Waals surface area contributed by atoms with E-state index in [1.54, 1.807) is 6.07 Å². The van der Waals surface area contributed by atoms with Crippen molar-refractivity contribution >= 4 is 21.6 Å². The van der Waals surface area contributed by atoms with Gasteiger partial charge in [-0.15, -0.1) is 0 Å². The smallest absolute Gasteiger partial charge is 0.264 e. The summed E-state index contributed by atoms with van der Waals surface area (Å²) in [5.41, 5.74) is 1.98. The van der Waals surface area contributed by atoms with Crippen LogP contribution in [0.15, 0.2) is 47.4 Å². The number of hydrogen-bond acceptors (Lipinski definition) is 4. The zero-order valence-electron chi connectivity index (χ0n) is 16.6. The third-order valence-electron chi connectivity index (χ3n) is 5.79. The summed E-state index contributed by atoms with van der Waals surface area (Å²) in [7, 11) is -2.28. The normalized spacial score (nSPS) is 17.1. The first-order chi connectivity index (χ1) is 14.0. The van der Waals surface area contributed by atoms with Crippen LogP contribution in [0.5, 0.6) is 5.75 Å². The van der Waals surface area contributed by atoms with Gasteiger partial charge in [-0.25, -0.2) is 8.42 Å². The average Bonchev–Trinajstić information content (AvgIpc) is 3.19. The highest BCUT2D eigenvalue weighted by Crippen LogP contribution is 2.34. The molecule has 0 atom stereocenters. The van der Waals surface area contributed by atoms with Crippen molar-refractivity contribution < 1.29 is 17.9 Å². The fraction of sp³-hybridized carbons (Fsp3) is 0.409. The molecule has 1 amide bonds. The molecule has 0 bridgehead atoms. The number of benzene rings is 2. The first-order valence-corrected chi connectivity index (χ1v) is 11.5. The van der Waals surface area contributed by atoms with Crippen LogP contribution in [0.1, 0.15) is 48.0 Å². The molecule has 1 N–H and O–H groups in total.